The number of hydrogen-bond acceptors (Lipinski definition) is 5. The van der Waals surface area contributed by atoms with Gasteiger partial charge in [-0.3, -0.25) is 9.55 Å². The van der Waals surface area contributed by atoms with Gasteiger partial charge in [0.1, 0.15) is 0 Å². The minimum Gasteiger partial charge on any atom is -0.276 e. The molecule has 0 saturated heterocycles. The van der Waals surface area contributed by atoms with Crippen molar-refractivity contribution in [1.82, 2.24) is 24.5 Å². The summed E-state index contributed by atoms with van der Waals surface area (Å²) >= 11 is 1.87. The summed E-state index contributed by atoms with van der Waals surface area (Å²) in [4.78, 5) is 20.6. The van der Waals surface area contributed by atoms with E-state index in [9.17, 15) is 0 Å². The van der Waals surface area contributed by atoms with Crippen LogP contribution in [-0.2, 0) is 0 Å². The lowest BCUT2D eigenvalue weighted by Gasteiger charge is -2.14. The number of benzene rings is 7. The summed E-state index contributed by atoms with van der Waals surface area (Å²) < 4.78 is 4.73. The van der Waals surface area contributed by atoms with Gasteiger partial charge in [-0.2, -0.15) is 0 Å². The van der Waals surface area contributed by atoms with Crippen LogP contribution in [0.2, 0.25) is 0 Å². The number of rotatable bonds is 3. The average Bonchev–Trinajstić information content (AvgIpc) is 3.79. The fourth-order valence-corrected chi connectivity index (χ4v) is 9.79. The fourth-order valence-electron chi connectivity index (χ4n) is 8.52. The van der Waals surface area contributed by atoms with E-state index >= 15 is 0 Å². The number of para-hydroxylation sites is 1. The lowest BCUT2D eigenvalue weighted by atomic mass is 9.94. The van der Waals surface area contributed by atoms with Crippen LogP contribution in [-0.4, -0.2) is 24.5 Å². The molecule has 7 aromatic carbocycles. The van der Waals surface area contributed by atoms with Gasteiger partial charge in [0.15, 0.2) is 0 Å². The van der Waals surface area contributed by atoms with E-state index in [1.165, 1.54) is 41.7 Å². The van der Waals surface area contributed by atoms with Crippen LogP contribution in [0.4, 0.5) is 0 Å². The van der Waals surface area contributed by atoms with Crippen LogP contribution in [0.25, 0.3) is 114 Å². The first kappa shape index (κ1) is 29.5. The summed E-state index contributed by atoms with van der Waals surface area (Å²) in [5.74, 6) is 0.612. The molecule has 0 unspecified atom stereocenters. The highest BCUT2D eigenvalue weighted by Gasteiger charge is 2.22. The molecule has 0 spiro atoms. The van der Waals surface area contributed by atoms with Crippen LogP contribution < -0.4 is 0 Å². The molecule has 5 nitrogen and oxygen atoms in total. The van der Waals surface area contributed by atoms with E-state index in [-0.39, 0.29) is 0 Å². The van der Waals surface area contributed by atoms with E-state index in [0.29, 0.717) is 5.95 Å². The molecule has 0 radical (unpaired) electrons. The second-order valence-corrected chi connectivity index (χ2v) is 14.8. The number of nitrogens with zero attached hydrogens (tertiary/aromatic N) is 5. The summed E-state index contributed by atoms with van der Waals surface area (Å²) in [5.41, 5.74) is 7.86. The van der Waals surface area contributed by atoms with Crippen LogP contribution in [0.15, 0.2) is 164 Å². The third kappa shape index (κ3) is 4.14. The fraction of sp³-hybridized carbons (Fsp3) is 0. The Bertz CT molecular complexity index is 3510. The molecule has 0 aliphatic rings. The van der Waals surface area contributed by atoms with Crippen LogP contribution >= 0.6 is 11.3 Å². The van der Waals surface area contributed by atoms with Gasteiger partial charge in [-0.1, -0.05) is 121 Å². The van der Waals surface area contributed by atoms with Crippen LogP contribution in [0.5, 0.6) is 0 Å². The topological polar surface area (TPSA) is 56.5 Å². The Balaban J connectivity index is 1.15. The van der Waals surface area contributed by atoms with E-state index in [1.54, 1.807) is 0 Å². The van der Waals surface area contributed by atoms with Gasteiger partial charge in [0.2, 0.25) is 5.95 Å². The van der Waals surface area contributed by atoms with Gasteiger partial charge in [0.25, 0.3) is 0 Å². The minimum atomic E-state index is 0.612. The van der Waals surface area contributed by atoms with E-state index in [4.69, 9.17) is 15.0 Å². The second kappa shape index (κ2) is 11.2. The molecular weight excluding hydrogens is 679 g/mol. The van der Waals surface area contributed by atoms with Crippen molar-refractivity contribution in [2.75, 3.05) is 0 Å². The van der Waals surface area contributed by atoms with Gasteiger partial charge in [-0.25, -0.2) is 15.0 Å². The summed E-state index contributed by atoms with van der Waals surface area (Å²) in [6.07, 6.45) is 3.78. The molecule has 5 heterocycles. The molecular formula is C48H27N5S. The van der Waals surface area contributed by atoms with Crippen LogP contribution in [0.1, 0.15) is 0 Å². The number of hydrogen-bond donors (Lipinski definition) is 0. The van der Waals surface area contributed by atoms with E-state index in [1.807, 2.05) is 41.9 Å². The molecule has 0 atom stereocenters. The Morgan fingerprint density at radius 2 is 1.13 bits per heavy atom. The number of fused-ring (bicyclic) bond motifs is 14. The third-order valence-corrected chi connectivity index (χ3v) is 12.1. The summed E-state index contributed by atoms with van der Waals surface area (Å²) in [7, 11) is 0. The Kier molecular flexibility index (Phi) is 6.15. The molecule has 0 saturated carbocycles. The number of pyridine rings is 2. The molecule has 0 amide bonds. The van der Waals surface area contributed by atoms with E-state index < -0.39 is 0 Å². The lowest BCUT2D eigenvalue weighted by molar-refractivity contribution is 1.01. The van der Waals surface area contributed by atoms with Gasteiger partial charge in [-0.05, 0) is 41.1 Å². The van der Waals surface area contributed by atoms with Crippen molar-refractivity contribution in [2.45, 2.75) is 0 Å². The van der Waals surface area contributed by atoms with Gasteiger partial charge < -0.3 is 0 Å². The summed E-state index contributed by atoms with van der Waals surface area (Å²) in [6.45, 7) is 0. The maximum atomic E-state index is 5.62. The molecule has 12 aromatic rings. The molecule has 6 heteroatoms. The van der Waals surface area contributed by atoms with Gasteiger partial charge in [0, 0.05) is 69.8 Å². The van der Waals surface area contributed by atoms with Gasteiger partial charge in [0.05, 0.1) is 39.7 Å². The second-order valence-electron chi connectivity index (χ2n) is 13.8. The third-order valence-electron chi connectivity index (χ3n) is 10.9. The van der Waals surface area contributed by atoms with Crippen molar-refractivity contribution in [3.8, 4) is 28.5 Å². The maximum absolute atomic E-state index is 5.62. The Morgan fingerprint density at radius 3 is 1.98 bits per heavy atom. The Labute approximate surface area is 312 Å². The first-order valence-corrected chi connectivity index (χ1v) is 18.9. The molecule has 12 rings (SSSR count). The van der Waals surface area contributed by atoms with Gasteiger partial charge >= 0.3 is 0 Å². The van der Waals surface area contributed by atoms with Crippen molar-refractivity contribution in [3.05, 3.63) is 164 Å². The van der Waals surface area contributed by atoms with Crippen LogP contribution in [0, 0.1) is 0 Å². The first-order valence-electron chi connectivity index (χ1n) is 18.1. The molecule has 250 valence electrons. The molecule has 5 aromatic heterocycles. The molecule has 54 heavy (non-hydrogen) atoms. The number of aromatic nitrogens is 5. The Morgan fingerprint density at radius 1 is 0.444 bits per heavy atom. The smallest absolute Gasteiger partial charge is 0.235 e. The highest BCUT2D eigenvalue weighted by Crippen LogP contribution is 2.47. The molecule has 0 aliphatic carbocycles. The molecule has 0 aliphatic heterocycles. The highest BCUT2D eigenvalue weighted by molar-refractivity contribution is 7.27. The standard InChI is InChI=1S/C48H27N5S/c1-2-12-28(13-3-1)44-35-18-8-10-20-38(35)50-48(52-44)53-39-23-22-29(26-37(39)30-24-25-49-27-40(30)53)45-33-16-6-5-15-32(33)43-46(51-45)34-17-7-4-14-31(34)42-36-19-9-11-21-41(36)54-47(42)43/h1-27H. The first-order chi connectivity index (χ1) is 26.8. The maximum Gasteiger partial charge on any atom is 0.235 e. The normalized spacial score (nSPS) is 12.1. The monoisotopic (exact) mass is 705 g/mol. The van der Waals surface area contributed by atoms with E-state index in [0.717, 1.165) is 66.1 Å². The van der Waals surface area contributed by atoms with Crippen molar-refractivity contribution >= 4 is 96.7 Å². The molecule has 0 bridgehead atoms. The highest BCUT2D eigenvalue weighted by atomic mass is 32.1. The summed E-state index contributed by atoms with van der Waals surface area (Å²) in [5, 5.41) is 11.8. The largest absolute Gasteiger partial charge is 0.276 e. The van der Waals surface area contributed by atoms with Crippen molar-refractivity contribution < 1.29 is 0 Å². The zero-order chi connectivity index (χ0) is 35.3. The van der Waals surface area contributed by atoms with Crippen molar-refractivity contribution in [2.24, 2.45) is 0 Å². The van der Waals surface area contributed by atoms with Crippen LogP contribution in [0.3, 0.4) is 0 Å². The molecule has 0 N–H and O–H groups in total. The number of thiophene rings is 1. The molecule has 0 fully saturated rings. The van der Waals surface area contributed by atoms with Crippen molar-refractivity contribution in [3.63, 3.8) is 0 Å². The van der Waals surface area contributed by atoms with Gasteiger partial charge in [-0.15, -0.1) is 11.3 Å². The zero-order valence-electron chi connectivity index (χ0n) is 28.7. The minimum absolute atomic E-state index is 0.612. The van der Waals surface area contributed by atoms with Crippen molar-refractivity contribution in [1.29, 1.82) is 0 Å². The van der Waals surface area contributed by atoms with E-state index in [2.05, 4.69) is 143 Å². The zero-order valence-corrected chi connectivity index (χ0v) is 29.5. The Hall–Kier alpha value is -7.02. The summed E-state index contributed by atoms with van der Waals surface area (Å²) in [6, 6.07) is 53.6. The lowest BCUT2D eigenvalue weighted by Crippen LogP contribution is -2.03. The quantitative estimate of drug-likeness (QED) is 0.172. The predicted octanol–water partition coefficient (Wildman–Crippen LogP) is 12.7. The predicted molar refractivity (Wildman–Crippen MR) is 226 cm³/mol. The average molecular weight is 706 g/mol. The SMILES string of the molecule is c1ccc(-c2nc(-n3c4ccc(-c5nc6c7ccccc7c7c8ccccc8sc7c6c6ccccc56)cc4c4ccncc43)nc3ccccc23)cc1.